The third kappa shape index (κ3) is 3.17. The molecule has 84 valence electrons. The first-order valence-electron chi connectivity index (χ1n) is 4.85. The third-order valence-corrected chi connectivity index (χ3v) is 3.64. The molecule has 0 saturated carbocycles. The van der Waals surface area contributed by atoms with Crippen molar-refractivity contribution in [3.8, 4) is 0 Å². The van der Waals surface area contributed by atoms with Gasteiger partial charge in [-0.1, -0.05) is 18.2 Å². The zero-order valence-corrected chi connectivity index (χ0v) is 14.0. The molecule has 2 aromatic carbocycles. The van der Waals surface area contributed by atoms with E-state index in [1.807, 2.05) is 19.1 Å². The van der Waals surface area contributed by atoms with Gasteiger partial charge in [0.2, 0.25) is 0 Å². The number of rotatable bonds is 1. The summed E-state index contributed by atoms with van der Waals surface area (Å²) in [5.41, 5.74) is 1.56. The minimum Gasteiger partial charge on any atom is -0.744 e. The van der Waals surface area contributed by atoms with E-state index in [9.17, 15) is 13.0 Å². The van der Waals surface area contributed by atoms with Crippen molar-refractivity contribution in [2.75, 3.05) is 0 Å². The standard InChI is InChI=1S/C12H12O3S.K/c1-8-4-3-5-10-7-12(16(13,14)15)9(2)6-11(8)10;/h3-7H,1-2H3,(H,13,14,15);/q;+1/p-1. The average molecular weight is 274 g/mol. The first kappa shape index (κ1) is 15.3. The van der Waals surface area contributed by atoms with Gasteiger partial charge in [0.25, 0.3) is 0 Å². The second-order valence-electron chi connectivity index (χ2n) is 3.87. The normalized spacial score (nSPS) is 11.2. The fraction of sp³-hybridized carbons (Fsp3) is 0.167. The van der Waals surface area contributed by atoms with Gasteiger partial charge in [-0.15, -0.1) is 0 Å². The van der Waals surface area contributed by atoms with Crippen LogP contribution in [0.2, 0.25) is 0 Å². The summed E-state index contributed by atoms with van der Waals surface area (Å²) in [6.07, 6.45) is 0. The van der Waals surface area contributed by atoms with Crippen LogP contribution in [0.15, 0.2) is 35.2 Å². The molecule has 0 aliphatic rings. The van der Waals surface area contributed by atoms with Crippen LogP contribution in [0, 0.1) is 13.8 Å². The molecule has 0 spiro atoms. The molecule has 0 unspecified atom stereocenters. The second kappa shape index (κ2) is 5.48. The van der Waals surface area contributed by atoms with Gasteiger partial charge < -0.3 is 4.55 Å². The Morgan fingerprint density at radius 3 is 2.29 bits per heavy atom. The van der Waals surface area contributed by atoms with E-state index >= 15 is 0 Å². The van der Waals surface area contributed by atoms with Gasteiger partial charge in [-0.05, 0) is 47.9 Å². The Morgan fingerprint density at radius 2 is 1.71 bits per heavy atom. The molecule has 0 aromatic heterocycles. The smallest absolute Gasteiger partial charge is 0.744 e. The van der Waals surface area contributed by atoms with Crippen molar-refractivity contribution in [2.24, 2.45) is 0 Å². The van der Waals surface area contributed by atoms with Crippen LogP contribution in [0.4, 0.5) is 0 Å². The first-order chi connectivity index (χ1) is 7.39. The SMILES string of the molecule is Cc1cc2c(C)cccc2cc1S(=O)(=O)[O-].[K+]. The van der Waals surface area contributed by atoms with Gasteiger partial charge in [0.15, 0.2) is 0 Å². The predicted octanol–water partition coefficient (Wildman–Crippen LogP) is -0.635. The van der Waals surface area contributed by atoms with E-state index in [-0.39, 0.29) is 56.3 Å². The van der Waals surface area contributed by atoms with Crippen LogP contribution < -0.4 is 51.4 Å². The van der Waals surface area contributed by atoms with Crippen LogP contribution in [0.1, 0.15) is 11.1 Å². The van der Waals surface area contributed by atoms with E-state index in [2.05, 4.69) is 0 Å². The summed E-state index contributed by atoms with van der Waals surface area (Å²) in [7, 11) is -4.39. The number of hydrogen-bond acceptors (Lipinski definition) is 3. The minimum absolute atomic E-state index is 0. The number of hydrogen-bond donors (Lipinski definition) is 0. The molecule has 0 radical (unpaired) electrons. The molecular formula is C12H11KO3S. The van der Waals surface area contributed by atoms with Gasteiger partial charge in [0, 0.05) is 0 Å². The van der Waals surface area contributed by atoms with Crippen LogP contribution in [-0.4, -0.2) is 13.0 Å². The topological polar surface area (TPSA) is 57.2 Å². The molecule has 0 amide bonds. The molecule has 0 aliphatic carbocycles. The zero-order chi connectivity index (χ0) is 11.9. The largest absolute Gasteiger partial charge is 1.00 e. The number of fused-ring (bicyclic) bond motifs is 1. The summed E-state index contributed by atoms with van der Waals surface area (Å²) in [4.78, 5) is -0.134. The first-order valence-corrected chi connectivity index (χ1v) is 6.26. The molecule has 0 atom stereocenters. The van der Waals surface area contributed by atoms with Crippen molar-refractivity contribution < 1.29 is 64.4 Å². The maximum atomic E-state index is 11.0. The molecule has 17 heavy (non-hydrogen) atoms. The van der Waals surface area contributed by atoms with Crippen molar-refractivity contribution in [2.45, 2.75) is 18.7 Å². The summed E-state index contributed by atoms with van der Waals surface area (Å²) < 4.78 is 33.1. The van der Waals surface area contributed by atoms with E-state index < -0.39 is 10.1 Å². The van der Waals surface area contributed by atoms with Crippen LogP contribution in [0.5, 0.6) is 0 Å². The van der Waals surface area contributed by atoms with E-state index in [4.69, 9.17) is 0 Å². The molecule has 0 saturated heterocycles. The Kier molecular flexibility index (Phi) is 4.94. The summed E-state index contributed by atoms with van der Waals surface area (Å²) in [5, 5.41) is 1.76. The monoisotopic (exact) mass is 274 g/mol. The molecule has 0 heterocycles. The Bertz CT molecular complexity index is 663. The van der Waals surface area contributed by atoms with Gasteiger partial charge in [0.05, 0.1) is 4.90 Å². The number of aryl methyl sites for hydroxylation is 2. The van der Waals surface area contributed by atoms with E-state index in [0.717, 1.165) is 16.3 Å². The van der Waals surface area contributed by atoms with Crippen LogP contribution in [0.25, 0.3) is 10.8 Å². The van der Waals surface area contributed by atoms with Crippen molar-refractivity contribution in [3.63, 3.8) is 0 Å². The average Bonchev–Trinajstić information content (AvgIpc) is 2.17. The van der Waals surface area contributed by atoms with Gasteiger partial charge in [-0.2, -0.15) is 0 Å². The van der Waals surface area contributed by atoms with Crippen LogP contribution in [0.3, 0.4) is 0 Å². The Balaban J connectivity index is 0.00000144. The van der Waals surface area contributed by atoms with Crippen molar-refractivity contribution >= 4 is 20.9 Å². The van der Waals surface area contributed by atoms with Crippen LogP contribution >= 0.6 is 0 Å². The molecular weight excluding hydrogens is 263 g/mol. The van der Waals surface area contributed by atoms with Gasteiger partial charge in [0.1, 0.15) is 10.1 Å². The van der Waals surface area contributed by atoms with Crippen LogP contribution in [-0.2, 0) is 10.1 Å². The summed E-state index contributed by atoms with van der Waals surface area (Å²) >= 11 is 0. The second-order valence-corrected chi connectivity index (χ2v) is 5.22. The van der Waals surface area contributed by atoms with Gasteiger partial charge in [-0.3, -0.25) is 0 Å². The van der Waals surface area contributed by atoms with Gasteiger partial charge in [-0.25, -0.2) is 8.42 Å². The van der Waals surface area contributed by atoms with E-state index in [1.165, 1.54) is 6.07 Å². The molecule has 3 nitrogen and oxygen atoms in total. The summed E-state index contributed by atoms with van der Waals surface area (Å²) in [5.74, 6) is 0. The quantitative estimate of drug-likeness (QED) is 0.514. The van der Waals surface area contributed by atoms with E-state index in [1.54, 1.807) is 19.1 Å². The maximum Gasteiger partial charge on any atom is 1.00 e. The number of benzene rings is 2. The molecule has 0 aliphatic heterocycles. The zero-order valence-electron chi connectivity index (χ0n) is 10.0. The summed E-state index contributed by atoms with van der Waals surface area (Å²) in [6.45, 7) is 3.59. The molecule has 2 rings (SSSR count). The molecule has 5 heteroatoms. The third-order valence-electron chi connectivity index (χ3n) is 2.66. The van der Waals surface area contributed by atoms with Crippen molar-refractivity contribution in [3.05, 3.63) is 41.5 Å². The van der Waals surface area contributed by atoms with E-state index in [0.29, 0.717) is 5.56 Å². The molecule has 0 bridgehead atoms. The fourth-order valence-electron chi connectivity index (χ4n) is 1.84. The Hall–Kier alpha value is 0.246. The maximum absolute atomic E-state index is 11.0. The fourth-order valence-corrected chi connectivity index (χ4v) is 2.56. The Labute approximate surface area is 143 Å². The molecule has 0 N–H and O–H groups in total. The molecule has 0 fully saturated rings. The summed E-state index contributed by atoms with van der Waals surface area (Å²) in [6, 6.07) is 8.78. The molecule has 2 aromatic rings. The predicted molar refractivity (Wildman–Crippen MR) is 61.4 cm³/mol. The van der Waals surface area contributed by atoms with Crippen molar-refractivity contribution in [1.29, 1.82) is 0 Å². The van der Waals surface area contributed by atoms with Gasteiger partial charge >= 0.3 is 51.4 Å². The minimum atomic E-state index is -4.39. The van der Waals surface area contributed by atoms with Crippen molar-refractivity contribution in [1.82, 2.24) is 0 Å². The Morgan fingerprint density at radius 1 is 1.06 bits per heavy atom.